The molecule has 1 aliphatic rings. The molecule has 0 aromatic heterocycles. The Labute approximate surface area is 224 Å². The monoisotopic (exact) mass is 598 g/mol. The number of nitrogens with zero attached hydrogens (tertiary/aromatic N) is 2. The van der Waals surface area contributed by atoms with Gasteiger partial charge in [-0.25, -0.2) is 0 Å². The zero-order valence-electron chi connectivity index (χ0n) is 19.7. The first-order valence-corrected chi connectivity index (χ1v) is 13.4. The van der Waals surface area contributed by atoms with E-state index in [-0.39, 0.29) is 17.7 Å². The molecule has 0 aliphatic carbocycles. The molecule has 180 valence electrons. The molecule has 1 aliphatic heterocycles. The van der Waals surface area contributed by atoms with Crippen LogP contribution in [0.2, 0.25) is 0 Å². The predicted octanol–water partition coefficient (Wildman–Crippen LogP) is 6.95. The molecule has 35 heavy (non-hydrogen) atoms. The molecule has 1 saturated heterocycles. The van der Waals surface area contributed by atoms with Gasteiger partial charge in [0, 0.05) is 34.0 Å². The van der Waals surface area contributed by atoms with Crippen LogP contribution in [0.15, 0.2) is 77.7 Å². The Balaban J connectivity index is 1.60. The number of benzene rings is 3. The van der Waals surface area contributed by atoms with Crippen LogP contribution < -0.4 is 9.64 Å². The van der Waals surface area contributed by atoms with Crippen molar-refractivity contribution in [3.8, 4) is 5.75 Å². The van der Waals surface area contributed by atoms with Crippen LogP contribution in [0, 0.1) is 3.57 Å². The Morgan fingerprint density at radius 1 is 0.943 bits per heavy atom. The smallest absolute Gasteiger partial charge is 0.293 e. The summed E-state index contributed by atoms with van der Waals surface area (Å²) in [7, 11) is 0. The molecule has 1 heterocycles. The maximum absolute atomic E-state index is 13.1. The standard InChI is InChI=1S/C28H27IN2O3S/c1-3-30(4-2)24-15-12-22(25(17-24)34-19-21-8-6-5-7-9-21)16-26-27(32)31(28(33)35-26)18-20-10-13-23(29)14-11-20/h5-17H,3-4,18-19H2,1-2H3/b26-16-. The lowest BCUT2D eigenvalue weighted by molar-refractivity contribution is -0.123. The minimum atomic E-state index is -0.277. The minimum absolute atomic E-state index is 0.258. The van der Waals surface area contributed by atoms with E-state index in [0.717, 1.165) is 50.8 Å². The molecule has 5 nitrogen and oxygen atoms in total. The lowest BCUT2D eigenvalue weighted by Gasteiger charge is -2.22. The Kier molecular flexibility index (Phi) is 8.51. The molecular formula is C28H27IN2O3S. The lowest BCUT2D eigenvalue weighted by Crippen LogP contribution is -2.27. The molecule has 0 saturated carbocycles. The molecule has 0 unspecified atom stereocenters. The third kappa shape index (κ3) is 6.27. The Hall–Kier alpha value is -2.78. The summed E-state index contributed by atoms with van der Waals surface area (Å²) >= 11 is 3.21. The van der Waals surface area contributed by atoms with Gasteiger partial charge in [0.15, 0.2) is 0 Å². The van der Waals surface area contributed by atoms with Crippen LogP contribution in [-0.2, 0) is 17.9 Å². The number of hydrogen-bond donors (Lipinski definition) is 0. The van der Waals surface area contributed by atoms with Gasteiger partial charge in [0.2, 0.25) is 0 Å². The molecule has 7 heteroatoms. The van der Waals surface area contributed by atoms with Gasteiger partial charge in [0.25, 0.3) is 11.1 Å². The molecule has 3 aromatic rings. The molecular weight excluding hydrogens is 571 g/mol. The Bertz CT molecular complexity index is 1220. The van der Waals surface area contributed by atoms with Crippen molar-refractivity contribution in [1.29, 1.82) is 0 Å². The van der Waals surface area contributed by atoms with Crippen LogP contribution in [0.25, 0.3) is 6.08 Å². The van der Waals surface area contributed by atoms with E-state index in [4.69, 9.17) is 4.74 Å². The van der Waals surface area contributed by atoms with E-state index in [1.54, 1.807) is 6.08 Å². The highest BCUT2D eigenvalue weighted by Gasteiger charge is 2.35. The van der Waals surface area contributed by atoms with Crippen LogP contribution in [0.3, 0.4) is 0 Å². The molecule has 0 spiro atoms. The van der Waals surface area contributed by atoms with Crippen LogP contribution in [0.5, 0.6) is 5.75 Å². The summed E-state index contributed by atoms with van der Waals surface area (Å²) in [5.41, 5.74) is 3.81. The summed E-state index contributed by atoms with van der Waals surface area (Å²) in [4.78, 5) is 29.7. The van der Waals surface area contributed by atoms with E-state index in [2.05, 4.69) is 41.3 Å². The van der Waals surface area contributed by atoms with Crippen molar-refractivity contribution in [1.82, 2.24) is 4.90 Å². The quantitative estimate of drug-likeness (QED) is 0.197. The minimum Gasteiger partial charge on any atom is -0.488 e. The third-order valence-electron chi connectivity index (χ3n) is 5.78. The van der Waals surface area contributed by atoms with E-state index in [9.17, 15) is 9.59 Å². The highest BCUT2D eigenvalue weighted by molar-refractivity contribution is 14.1. The van der Waals surface area contributed by atoms with Crippen LogP contribution >= 0.6 is 34.4 Å². The van der Waals surface area contributed by atoms with Crippen molar-refractivity contribution in [3.05, 3.63) is 98.0 Å². The first-order chi connectivity index (χ1) is 17.0. The second-order valence-electron chi connectivity index (χ2n) is 8.06. The average molecular weight is 599 g/mol. The molecule has 0 N–H and O–H groups in total. The highest BCUT2D eigenvalue weighted by Crippen LogP contribution is 2.36. The number of amides is 2. The summed E-state index contributed by atoms with van der Waals surface area (Å²) in [6, 6.07) is 23.8. The summed E-state index contributed by atoms with van der Waals surface area (Å²) < 4.78 is 7.33. The van der Waals surface area contributed by atoms with Crippen molar-refractivity contribution < 1.29 is 14.3 Å². The second-order valence-corrected chi connectivity index (χ2v) is 10.3. The van der Waals surface area contributed by atoms with E-state index >= 15 is 0 Å². The van der Waals surface area contributed by atoms with Crippen molar-refractivity contribution in [2.24, 2.45) is 0 Å². The van der Waals surface area contributed by atoms with Gasteiger partial charge in [-0.1, -0.05) is 42.5 Å². The van der Waals surface area contributed by atoms with Gasteiger partial charge >= 0.3 is 0 Å². The Morgan fingerprint density at radius 2 is 1.66 bits per heavy atom. The fourth-order valence-electron chi connectivity index (χ4n) is 3.84. The van der Waals surface area contributed by atoms with Crippen LogP contribution in [-0.4, -0.2) is 29.1 Å². The van der Waals surface area contributed by atoms with Gasteiger partial charge in [0.1, 0.15) is 12.4 Å². The third-order valence-corrected chi connectivity index (χ3v) is 7.40. The lowest BCUT2D eigenvalue weighted by atomic mass is 10.1. The summed E-state index contributed by atoms with van der Waals surface area (Å²) in [6.45, 7) is 6.67. The van der Waals surface area contributed by atoms with Gasteiger partial charge < -0.3 is 9.64 Å². The molecule has 2 amide bonds. The maximum Gasteiger partial charge on any atom is 0.293 e. The van der Waals surface area contributed by atoms with E-state index in [1.165, 1.54) is 4.90 Å². The Morgan fingerprint density at radius 3 is 2.34 bits per heavy atom. The summed E-state index contributed by atoms with van der Waals surface area (Å²) in [5, 5.41) is -0.258. The zero-order chi connectivity index (χ0) is 24.8. The predicted molar refractivity (Wildman–Crippen MR) is 151 cm³/mol. The molecule has 0 atom stereocenters. The first-order valence-electron chi connectivity index (χ1n) is 11.5. The second kappa shape index (κ2) is 11.8. The fourth-order valence-corrected chi connectivity index (χ4v) is 5.03. The molecule has 0 radical (unpaired) electrons. The molecule has 4 rings (SSSR count). The van der Waals surface area contributed by atoms with E-state index in [0.29, 0.717) is 17.3 Å². The van der Waals surface area contributed by atoms with Crippen molar-refractivity contribution in [2.75, 3.05) is 18.0 Å². The van der Waals surface area contributed by atoms with Gasteiger partial charge in [-0.3, -0.25) is 14.5 Å². The summed E-state index contributed by atoms with van der Waals surface area (Å²) in [6.07, 6.45) is 1.77. The number of rotatable bonds is 9. The molecule has 3 aromatic carbocycles. The topological polar surface area (TPSA) is 49.9 Å². The number of carbonyl (C=O) groups is 2. The van der Waals surface area contributed by atoms with Gasteiger partial charge in [0.05, 0.1) is 11.4 Å². The van der Waals surface area contributed by atoms with E-state index in [1.807, 2.05) is 72.8 Å². The first kappa shape index (κ1) is 25.3. The van der Waals surface area contributed by atoms with Crippen molar-refractivity contribution >= 4 is 57.3 Å². The average Bonchev–Trinajstić information content (AvgIpc) is 3.13. The number of ether oxygens (including phenoxy) is 1. The number of halogens is 1. The van der Waals surface area contributed by atoms with Gasteiger partial charge in [-0.05, 0) is 89.7 Å². The van der Waals surface area contributed by atoms with Crippen molar-refractivity contribution in [2.45, 2.75) is 27.0 Å². The number of thioether (sulfide) groups is 1. The number of anilines is 1. The normalized spacial score (nSPS) is 14.6. The highest BCUT2D eigenvalue weighted by atomic mass is 127. The number of imide groups is 1. The maximum atomic E-state index is 13.1. The van der Waals surface area contributed by atoms with Gasteiger partial charge in [-0.2, -0.15) is 0 Å². The van der Waals surface area contributed by atoms with E-state index < -0.39 is 0 Å². The molecule has 1 fully saturated rings. The largest absolute Gasteiger partial charge is 0.488 e. The number of hydrogen-bond acceptors (Lipinski definition) is 5. The SMILES string of the molecule is CCN(CC)c1ccc(/C=C2\SC(=O)N(Cc3ccc(I)cc3)C2=O)c(OCc2ccccc2)c1. The van der Waals surface area contributed by atoms with Crippen molar-refractivity contribution in [3.63, 3.8) is 0 Å². The van der Waals surface area contributed by atoms with Crippen LogP contribution in [0.4, 0.5) is 10.5 Å². The van der Waals surface area contributed by atoms with Gasteiger partial charge in [-0.15, -0.1) is 0 Å². The zero-order valence-corrected chi connectivity index (χ0v) is 22.7. The number of carbonyl (C=O) groups excluding carboxylic acids is 2. The molecule has 0 bridgehead atoms. The fraction of sp³-hybridized carbons (Fsp3) is 0.214. The van der Waals surface area contributed by atoms with Crippen LogP contribution in [0.1, 0.15) is 30.5 Å². The summed E-state index contributed by atoms with van der Waals surface area (Å²) in [5.74, 6) is 0.406.